The lowest BCUT2D eigenvalue weighted by atomic mass is 9.88. The lowest BCUT2D eigenvalue weighted by Gasteiger charge is -2.23. The van der Waals surface area contributed by atoms with Gasteiger partial charge in [0.1, 0.15) is 5.82 Å². The van der Waals surface area contributed by atoms with Crippen LogP contribution in [0.5, 0.6) is 0 Å². The Bertz CT molecular complexity index is 761. The summed E-state index contributed by atoms with van der Waals surface area (Å²) >= 11 is 0. The van der Waals surface area contributed by atoms with E-state index in [1.54, 1.807) is 0 Å². The highest BCUT2D eigenvalue weighted by molar-refractivity contribution is 5.80. The molecule has 0 aliphatic heterocycles. The summed E-state index contributed by atoms with van der Waals surface area (Å²) in [6.07, 6.45) is 14.8. The number of hydrogen-bond donors (Lipinski definition) is 1. The third-order valence-electron chi connectivity index (χ3n) is 6.39. The van der Waals surface area contributed by atoms with E-state index in [-0.39, 0.29) is 17.9 Å². The molecule has 1 aliphatic rings. The normalized spacial score (nSPS) is 16.2. The molecular formula is C25H39N3O. The van der Waals surface area contributed by atoms with Gasteiger partial charge in [-0.15, -0.1) is 0 Å². The molecule has 1 saturated carbocycles. The van der Waals surface area contributed by atoms with Gasteiger partial charge in [-0.25, -0.2) is 4.98 Å². The highest BCUT2D eigenvalue weighted by Gasteiger charge is 2.24. The highest BCUT2D eigenvalue weighted by Crippen LogP contribution is 2.26. The maximum atomic E-state index is 12.7. The molecule has 160 valence electrons. The largest absolute Gasteiger partial charge is 0.346 e. The maximum absolute atomic E-state index is 12.7. The van der Waals surface area contributed by atoms with Gasteiger partial charge in [0.05, 0.1) is 17.1 Å². The Morgan fingerprint density at radius 2 is 1.76 bits per heavy atom. The number of carbonyl (C=O) groups is 1. The van der Waals surface area contributed by atoms with E-state index < -0.39 is 0 Å². The molecule has 3 rings (SSSR count). The zero-order chi connectivity index (χ0) is 20.5. The predicted molar refractivity (Wildman–Crippen MR) is 121 cm³/mol. The average Bonchev–Trinajstić information content (AvgIpc) is 3.12. The van der Waals surface area contributed by atoms with Crippen molar-refractivity contribution in [1.82, 2.24) is 14.9 Å². The molecule has 1 aromatic carbocycles. The van der Waals surface area contributed by atoms with Gasteiger partial charge in [-0.3, -0.25) is 4.79 Å². The maximum Gasteiger partial charge on any atom is 0.223 e. The molecule has 29 heavy (non-hydrogen) atoms. The van der Waals surface area contributed by atoms with Crippen LogP contribution < -0.4 is 5.32 Å². The van der Waals surface area contributed by atoms with E-state index in [0.717, 1.165) is 30.7 Å². The van der Waals surface area contributed by atoms with Crippen LogP contribution in [0, 0.1) is 5.92 Å². The summed E-state index contributed by atoms with van der Waals surface area (Å²) in [5.41, 5.74) is 2.22. The Balaban J connectivity index is 1.63. The number of imidazole rings is 1. The molecule has 1 unspecified atom stereocenters. The molecule has 0 spiro atoms. The van der Waals surface area contributed by atoms with Crippen molar-refractivity contribution in [2.24, 2.45) is 5.92 Å². The number of amides is 1. The number of unbranched alkanes of at least 4 members (excludes halogenated alkanes) is 6. The van der Waals surface area contributed by atoms with Gasteiger partial charge in [0, 0.05) is 12.5 Å². The van der Waals surface area contributed by atoms with E-state index >= 15 is 0 Å². The second-order valence-corrected chi connectivity index (χ2v) is 8.80. The second-order valence-electron chi connectivity index (χ2n) is 8.80. The molecule has 1 aromatic heterocycles. The first-order valence-corrected chi connectivity index (χ1v) is 12.0. The molecule has 2 aromatic rings. The van der Waals surface area contributed by atoms with Crippen LogP contribution in [0.4, 0.5) is 0 Å². The summed E-state index contributed by atoms with van der Waals surface area (Å²) in [6, 6.07) is 8.31. The van der Waals surface area contributed by atoms with Gasteiger partial charge in [0.15, 0.2) is 0 Å². The van der Waals surface area contributed by atoms with Crippen molar-refractivity contribution in [1.29, 1.82) is 0 Å². The second kappa shape index (κ2) is 11.4. The lowest BCUT2D eigenvalue weighted by Crippen LogP contribution is -2.35. The van der Waals surface area contributed by atoms with Gasteiger partial charge in [-0.05, 0) is 38.3 Å². The summed E-state index contributed by atoms with van der Waals surface area (Å²) < 4.78 is 2.34. The van der Waals surface area contributed by atoms with Crippen molar-refractivity contribution in [2.75, 3.05) is 0 Å². The number of rotatable bonds is 11. The van der Waals surface area contributed by atoms with Crippen LogP contribution in [0.1, 0.15) is 103 Å². The van der Waals surface area contributed by atoms with Crippen molar-refractivity contribution in [2.45, 2.75) is 103 Å². The molecular weight excluding hydrogens is 358 g/mol. The number of aryl methyl sites for hydroxylation is 1. The Morgan fingerprint density at radius 3 is 2.52 bits per heavy atom. The van der Waals surface area contributed by atoms with Gasteiger partial charge in [0.2, 0.25) is 5.91 Å². The van der Waals surface area contributed by atoms with Gasteiger partial charge >= 0.3 is 0 Å². The van der Waals surface area contributed by atoms with Gasteiger partial charge in [-0.1, -0.05) is 76.8 Å². The molecule has 4 heteroatoms. The first-order chi connectivity index (χ1) is 14.2. The molecule has 0 saturated heterocycles. The van der Waals surface area contributed by atoms with Crippen LogP contribution >= 0.6 is 0 Å². The fraction of sp³-hybridized carbons (Fsp3) is 0.680. The number of nitrogens with one attached hydrogen (secondary N) is 1. The Labute approximate surface area is 176 Å². The highest BCUT2D eigenvalue weighted by atomic mass is 16.1. The first kappa shape index (κ1) is 21.9. The topological polar surface area (TPSA) is 46.9 Å². The monoisotopic (exact) mass is 397 g/mol. The smallest absolute Gasteiger partial charge is 0.223 e. The zero-order valence-electron chi connectivity index (χ0n) is 18.5. The quantitative estimate of drug-likeness (QED) is 0.437. The van der Waals surface area contributed by atoms with Crippen molar-refractivity contribution in [3.05, 3.63) is 30.1 Å². The number of aromatic nitrogens is 2. The van der Waals surface area contributed by atoms with E-state index in [2.05, 4.69) is 41.9 Å². The Morgan fingerprint density at radius 1 is 1.07 bits per heavy atom. The summed E-state index contributed by atoms with van der Waals surface area (Å²) in [6.45, 7) is 5.33. The third-order valence-corrected chi connectivity index (χ3v) is 6.39. The number of benzene rings is 1. The molecule has 1 atom stereocenters. The number of nitrogens with zero attached hydrogens (tertiary/aromatic N) is 2. The molecule has 0 bridgehead atoms. The van der Waals surface area contributed by atoms with Gasteiger partial charge in [0.25, 0.3) is 0 Å². The van der Waals surface area contributed by atoms with E-state index in [1.807, 2.05) is 6.07 Å². The van der Waals surface area contributed by atoms with Crippen molar-refractivity contribution >= 4 is 16.9 Å². The minimum absolute atomic E-state index is 0.0543. The van der Waals surface area contributed by atoms with Crippen LogP contribution in [0.15, 0.2) is 24.3 Å². The fourth-order valence-corrected chi connectivity index (χ4v) is 4.65. The summed E-state index contributed by atoms with van der Waals surface area (Å²) in [4.78, 5) is 17.6. The van der Waals surface area contributed by atoms with Crippen LogP contribution in [0.2, 0.25) is 0 Å². The number of carbonyl (C=O) groups excluding carboxylic acids is 1. The van der Waals surface area contributed by atoms with Crippen LogP contribution in [-0.4, -0.2) is 15.5 Å². The molecule has 4 nitrogen and oxygen atoms in total. The summed E-state index contributed by atoms with van der Waals surface area (Å²) in [5.74, 6) is 1.40. The lowest BCUT2D eigenvalue weighted by molar-refractivity contribution is -0.126. The average molecular weight is 398 g/mol. The minimum Gasteiger partial charge on any atom is -0.346 e. The molecule has 1 amide bonds. The number of para-hydroxylation sites is 2. The molecule has 1 aliphatic carbocycles. The SMILES string of the molecule is CCCCCCCCCn1c(C(C)NC(=O)C2CCCCC2)nc2ccccc21. The minimum atomic E-state index is -0.0543. The first-order valence-electron chi connectivity index (χ1n) is 12.0. The molecule has 1 heterocycles. The van der Waals surface area contributed by atoms with Crippen LogP contribution in [0.3, 0.4) is 0 Å². The standard InChI is InChI=1S/C25H39N3O/c1-3-4-5-6-7-8-14-19-28-23-18-13-12-17-22(23)27-24(28)20(2)26-25(29)21-15-10-9-11-16-21/h12-13,17-18,20-21H,3-11,14-16,19H2,1-2H3,(H,26,29). The van der Waals surface area contributed by atoms with Crippen molar-refractivity contribution in [3.8, 4) is 0 Å². The van der Waals surface area contributed by atoms with E-state index in [1.165, 1.54) is 69.7 Å². The van der Waals surface area contributed by atoms with Crippen LogP contribution in [0.25, 0.3) is 11.0 Å². The Kier molecular flexibility index (Phi) is 8.57. The van der Waals surface area contributed by atoms with E-state index in [9.17, 15) is 4.79 Å². The van der Waals surface area contributed by atoms with Gasteiger partial charge < -0.3 is 9.88 Å². The predicted octanol–water partition coefficient (Wildman–Crippen LogP) is 6.54. The zero-order valence-corrected chi connectivity index (χ0v) is 18.5. The number of fused-ring (bicyclic) bond motifs is 1. The number of hydrogen-bond acceptors (Lipinski definition) is 2. The molecule has 1 N–H and O–H groups in total. The third kappa shape index (κ3) is 6.07. The van der Waals surface area contributed by atoms with Crippen LogP contribution in [-0.2, 0) is 11.3 Å². The van der Waals surface area contributed by atoms with Gasteiger partial charge in [-0.2, -0.15) is 0 Å². The van der Waals surface area contributed by atoms with E-state index in [4.69, 9.17) is 4.98 Å². The molecule has 1 fully saturated rings. The van der Waals surface area contributed by atoms with E-state index in [0.29, 0.717) is 0 Å². The summed E-state index contributed by atoms with van der Waals surface area (Å²) in [7, 11) is 0. The molecule has 0 radical (unpaired) electrons. The fourth-order valence-electron chi connectivity index (χ4n) is 4.65. The summed E-state index contributed by atoms with van der Waals surface area (Å²) in [5, 5.41) is 3.27. The van der Waals surface area contributed by atoms with Crippen molar-refractivity contribution in [3.63, 3.8) is 0 Å². The Hall–Kier alpha value is -1.84. The van der Waals surface area contributed by atoms with Crippen molar-refractivity contribution < 1.29 is 4.79 Å².